The minimum atomic E-state index is -1.30. The van der Waals surface area contributed by atoms with Gasteiger partial charge in [0.15, 0.2) is 11.5 Å². The van der Waals surface area contributed by atoms with E-state index in [1.54, 1.807) is 6.92 Å². The van der Waals surface area contributed by atoms with E-state index in [0.29, 0.717) is 5.56 Å². The fraction of sp³-hybridized carbons (Fsp3) is 0.235. The third-order valence-electron chi connectivity index (χ3n) is 3.87. The first-order valence-corrected chi connectivity index (χ1v) is 7.92. The number of carbonyl (C=O) groups excluding carboxylic acids is 2. The van der Waals surface area contributed by atoms with Gasteiger partial charge in [-0.25, -0.2) is 4.79 Å². The van der Waals surface area contributed by atoms with Crippen molar-refractivity contribution in [1.82, 2.24) is 0 Å². The van der Waals surface area contributed by atoms with Crippen LogP contribution in [0.1, 0.15) is 21.5 Å². The lowest BCUT2D eigenvalue weighted by molar-refractivity contribution is -0.137. The van der Waals surface area contributed by atoms with Crippen LogP contribution in [0.25, 0.3) is 0 Å². The number of esters is 1. The summed E-state index contributed by atoms with van der Waals surface area (Å²) in [5.41, 5.74) is 0.381. The zero-order valence-electron chi connectivity index (χ0n) is 13.6. The van der Waals surface area contributed by atoms with E-state index in [-0.39, 0.29) is 32.9 Å². The van der Waals surface area contributed by atoms with Crippen LogP contribution in [-0.4, -0.2) is 35.0 Å². The molecule has 0 aliphatic heterocycles. The lowest BCUT2D eigenvalue weighted by atomic mass is 9.99. The van der Waals surface area contributed by atoms with E-state index in [9.17, 15) is 24.6 Å². The molecule has 0 aromatic heterocycles. The Morgan fingerprint density at radius 3 is 2.44 bits per heavy atom. The monoisotopic (exact) mass is 410 g/mol. The van der Waals surface area contributed by atoms with Crippen molar-refractivity contribution in [2.24, 2.45) is 5.92 Å². The number of carboxylic acids is 1. The number of rotatable bonds is 4. The van der Waals surface area contributed by atoms with Gasteiger partial charge in [0.25, 0.3) is 0 Å². The molecule has 1 aliphatic rings. The molecule has 1 aromatic carbocycles. The third kappa shape index (κ3) is 3.43. The van der Waals surface area contributed by atoms with Gasteiger partial charge < -0.3 is 19.7 Å². The van der Waals surface area contributed by atoms with E-state index < -0.39 is 23.6 Å². The second-order valence-electron chi connectivity index (χ2n) is 5.33. The minimum absolute atomic E-state index is 0.00533. The van der Waals surface area contributed by atoms with Gasteiger partial charge in [-0.05, 0) is 47.0 Å². The van der Waals surface area contributed by atoms with E-state index in [4.69, 9.17) is 9.47 Å². The fourth-order valence-corrected chi connectivity index (χ4v) is 2.99. The zero-order valence-corrected chi connectivity index (χ0v) is 15.2. The molecule has 1 aliphatic carbocycles. The Kier molecular flexibility index (Phi) is 5.32. The largest absolute Gasteiger partial charge is 0.506 e. The number of phenols is 1. The van der Waals surface area contributed by atoms with Crippen LogP contribution in [0.3, 0.4) is 0 Å². The lowest BCUT2D eigenvalue weighted by Gasteiger charge is -2.20. The predicted octanol–water partition coefficient (Wildman–Crippen LogP) is 2.66. The van der Waals surface area contributed by atoms with Gasteiger partial charge >= 0.3 is 11.9 Å². The number of methoxy groups -OCH3 is 1. The number of hydrogen-bond donors (Lipinski definition) is 2. The molecule has 1 atom stereocenters. The average molecular weight is 411 g/mol. The van der Waals surface area contributed by atoms with Crippen molar-refractivity contribution in [3.05, 3.63) is 45.2 Å². The molecule has 132 valence electrons. The molecule has 0 heterocycles. The van der Waals surface area contributed by atoms with Crippen LogP contribution in [-0.2, 0) is 14.3 Å². The van der Waals surface area contributed by atoms with Crippen molar-refractivity contribution in [2.45, 2.75) is 13.8 Å². The van der Waals surface area contributed by atoms with Crippen molar-refractivity contribution < 1.29 is 34.1 Å². The van der Waals surface area contributed by atoms with Crippen LogP contribution in [0, 0.1) is 19.8 Å². The second kappa shape index (κ2) is 7.10. The minimum Gasteiger partial charge on any atom is -0.506 e. The normalized spacial score (nSPS) is 16.4. The molecule has 1 aromatic rings. The summed E-state index contributed by atoms with van der Waals surface area (Å²) >= 11 is 3.07. The molecule has 0 fully saturated rings. The molecule has 8 heteroatoms. The number of carboxylic acid groups (broad SMARTS) is 1. The number of hydrogen-bond acceptors (Lipinski definition) is 6. The summed E-state index contributed by atoms with van der Waals surface area (Å²) < 4.78 is 10.4. The van der Waals surface area contributed by atoms with E-state index >= 15 is 0 Å². The van der Waals surface area contributed by atoms with Crippen molar-refractivity contribution >= 4 is 33.7 Å². The van der Waals surface area contributed by atoms with Gasteiger partial charge in [0.05, 0.1) is 7.11 Å². The Morgan fingerprint density at radius 2 is 1.88 bits per heavy atom. The van der Waals surface area contributed by atoms with Crippen LogP contribution >= 0.6 is 15.9 Å². The molecule has 0 spiro atoms. The lowest BCUT2D eigenvalue weighted by Crippen LogP contribution is -2.25. The summed E-state index contributed by atoms with van der Waals surface area (Å²) in [6.45, 7) is 3.07. The molecule has 1 unspecified atom stereocenters. The molecule has 2 N–H and O–H groups in total. The number of ether oxygens (including phenoxy) is 2. The van der Waals surface area contributed by atoms with E-state index in [0.717, 1.165) is 0 Å². The summed E-state index contributed by atoms with van der Waals surface area (Å²) in [4.78, 5) is 35.1. The predicted molar refractivity (Wildman–Crippen MR) is 90.6 cm³/mol. The first kappa shape index (κ1) is 18.7. The maximum atomic E-state index is 12.5. The van der Waals surface area contributed by atoms with Gasteiger partial charge in [-0.3, -0.25) is 9.59 Å². The van der Waals surface area contributed by atoms with Gasteiger partial charge in [0, 0.05) is 6.08 Å². The Balaban J connectivity index is 2.43. The summed E-state index contributed by atoms with van der Waals surface area (Å²) in [5, 5.41) is 19.3. The SMILES string of the molecule is COC1=CC(=O)C=CC1C(=O)Oc1c(C)c(C)c(C(=O)O)c(O)c1Br. The van der Waals surface area contributed by atoms with Crippen molar-refractivity contribution in [3.63, 3.8) is 0 Å². The number of carbonyl (C=O) groups is 3. The number of benzene rings is 1. The number of aromatic hydroxyl groups is 1. The molecule has 0 amide bonds. The van der Waals surface area contributed by atoms with Crippen LogP contribution in [0.5, 0.6) is 11.5 Å². The summed E-state index contributed by atoms with van der Waals surface area (Å²) in [6.07, 6.45) is 3.77. The molecule has 0 saturated heterocycles. The standard InChI is InChI=1S/C17H15BrO7/c1-7-8(2)15(13(18)14(20)12(7)16(21)22)25-17(23)10-5-4-9(19)6-11(10)24-3/h4-6,10,20H,1-3H3,(H,21,22). The molecule has 0 saturated carbocycles. The highest BCUT2D eigenvalue weighted by Crippen LogP contribution is 2.42. The number of aromatic carboxylic acids is 1. The highest BCUT2D eigenvalue weighted by atomic mass is 79.9. The van der Waals surface area contributed by atoms with E-state index in [1.165, 1.54) is 32.3 Å². The maximum absolute atomic E-state index is 12.5. The first-order chi connectivity index (χ1) is 11.7. The zero-order chi connectivity index (χ0) is 18.9. The van der Waals surface area contributed by atoms with E-state index in [1.807, 2.05) is 0 Å². The molecule has 2 rings (SSSR count). The Bertz CT molecular complexity index is 807. The molecule has 25 heavy (non-hydrogen) atoms. The Morgan fingerprint density at radius 1 is 1.24 bits per heavy atom. The van der Waals surface area contributed by atoms with Crippen LogP contribution < -0.4 is 4.74 Å². The third-order valence-corrected chi connectivity index (χ3v) is 4.61. The van der Waals surface area contributed by atoms with Gasteiger partial charge in [-0.1, -0.05) is 6.08 Å². The van der Waals surface area contributed by atoms with Crippen molar-refractivity contribution in [3.8, 4) is 11.5 Å². The van der Waals surface area contributed by atoms with Crippen LogP contribution in [0.2, 0.25) is 0 Å². The van der Waals surface area contributed by atoms with Crippen molar-refractivity contribution in [1.29, 1.82) is 0 Å². The van der Waals surface area contributed by atoms with Gasteiger partial charge in [0.2, 0.25) is 0 Å². The maximum Gasteiger partial charge on any atom is 0.339 e. The van der Waals surface area contributed by atoms with Crippen molar-refractivity contribution in [2.75, 3.05) is 7.11 Å². The van der Waals surface area contributed by atoms with Gasteiger partial charge in [-0.2, -0.15) is 0 Å². The van der Waals surface area contributed by atoms with Crippen LogP contribution in [0.15, 0.2) is 28.5 Å². The molecular formula is C17H15BrO7. The Hall–Kier alpha value is -2.61. The summed E-state index contributed by atoms with van der Waals surface area (Å²) in [5.74, 6) is -3.65. The quantitative estimate of drug-likeness (QED) is 0.579. The highest BCUT2D eigenvalue weighted by Gasteiger charge is 2.30. The second-order valence-corrected chi connectivity index (χ2v) is 6.13. The number of halogens is 1. The fourth-order valence-electron chi connectivity index (χ4n) is 2.41. The molecule has 7 nitrogen and oxygen atoms in total. The molecule has 0 bridgehead atoms. The van der Waals surface area contributed by atoms with E-state index in [2.05, 4.69) is 15.9 Å². The summed E-state index contributed by atoms with van der Waals surface area (Å²) in [6, 6.07) is 0. The highest BCUT2D eigenvalue weighted by molar-refractivity contribution is 9.10. The smallest absolute Gasteiger partial charge is 0.339 e. The van der Waals surface area contributed by atoms with Crippen LogP contribution in [0.4, 0.5) is 0 Å². The van der Waals surface area contributed by atoms with Gasteiger partial charge in [-0.15, -0.1) is 0 Å². The molecular weight excluding hydrogens is 396 g/mol. The number of ketones is 1. The first-order valence-electron chi connectivity index (χ1n) is 7.13. The Labute approximate surface area is 151 Å². The van der Waals surface area contributed by atoms with Gasteiger partial charge in [0.1, 0.15) is 27.5 Å². The average Bonchev–Trinajstić information content (AvgIpc) is 2.56. The molecule has 0 radical (unpaired) electrons. The topological polar surface area (TPSA) is 110 Å². The summed E-state index contributed by atoms with van der Waals surface area (Å²) in [7, 11) is 1.33. The number of allylic oxidation sites excluding steroid dienone is 2.